The summed E-state index contributed by atoms with van der Waals surface area (Å²) in [6.07, 6.45) is 1.57. The molecule has 0 fully saturated rings. The molecule has 7 heteroatoms. The molecule has 1 aromatic heterocycles. The molecule has 7 nitrogen and oxygen atoms in total. The van der Waals surface area contributed by atoms with Crippen molar-refractivity contribution in [2.75, 3.05) is 10.6 Å². The minimum Gasteiger partial charge on any atom is -0.326 e. The summed E-state index contributed by atoms with van der Waals surface area (Å²) in [6.45, 7) is 5.26. The molecule has 0 aliphatic carbocycles. The van der Waals surface area contributed by atoms with E-state index >= 15 is 0 Å². The SMILES string of the molecule is Cc1ccc(NC(=O)C(C)C)cc1NC(=O)Cn1ncc2ccccc2c1=O. The first-order valence-corrected chi connectivity index (χ1v) is 9.01. The Labute approximate surface area is 162 Å². The van der Waals surface area contributed by atoms with Gasteiger partial charge in [0, 0.05) is 22.7 Å². The van der Waals surface area contributed by atoms with Crippen LogP contribution >= 0.6 is 0 Å². The molecule has 0 spiro atoms. The number of hydrogen-bond donors (Lipinski definition) is 2. The van der Waals surface area contributed by atoms with Crippen molar-refractivity contribution < 1.29 is 9.59 Å². The Morgan fingerprint density at radius 3 is 2.61 bits per heavy atom. The highest BCUT2D eigenvalue weighted by atomic mass is 16.2. The van der Waals surface area contributed by atoms with Crippen LogP contribution in [-0.2, 0) is 16.1 Å². The summed E-state index contributed by atoms with van der Waals surface area (Å²) >= 11 is 0. The molecule has 0 aliphatic rings. The van der Waals surface area contributed by atoms with E-state index < -0.39 is 0 Å². The van der Waals surface area contributed by atoms with Gasteiger partial charge in [-0.1, -0.05) is 38.1 Å². The van der Waals surface area contributed by atoms with Crippen LogP contribution in [0.2, 0.25) is 0 Å². The number of hydrogen-bond acceptors (Lipinski definition) is 4. The molecule has 0 saturated heterocycles. The lowest BCUT2D eigenvalue weighted by molar-refractivity contribution is -0.119. The minimum atomic E-state index is -0.375. The summed E-state index contributed by atoms with van der Waals surface area (Å²) in [5.41, 5.74) is 1.69. The van der Waals surface area contributed by atoms with Gasteiger partial charge in [-0.15, -0.1) is 0 Å². The third-order valence-corrected chi connectivity index (χ3v) is 4.36. The molecular weight excluding hydrogens is 356 g/mol. The van der Waals surface area contributed by atoms with Gasteiger partial charge in [-0.2, -0.15) is 5.10 Å². The molecule has 2 amide bonds. The van der Waals surface area contributed by atoms with E-state index in [0.29, 0.717) is 16.8 Å². The van der Waals surface area contributed by atoms with Crippen LogP contribution in [0.5, 0.6) is 0 Å². The summed E-state index contributed by atoms with van der Waals surface area (Å²) in [7, 11) is 0. The van der Waals surface area contributed by atoms with E-state index in [2.05, 4.69) is 15.7 Å². The predicted octanol–water partition coefficient (Wildman–Crippen LogP) is 2.94. The van der Waals surface area contributed by atoms with Gasteiger partial charge >= 0.3 is 0 Å². The van der Waals surface area contributed by atoms with Gasteiger partial charge in [0.05, 0.1) is 11.6 Å². The molecule has 28 heavy (non-hydrogen) atoms. The van der Waals surface area contributed by atoms with Gasteiger partial charge in [0.15, 0.2) is 0 Å². The lowest BCUT2D eigenvalue weighted by Crippen LogP contribution is -2.29. The molecule has 0 radical (unpaired) electrons. The van der Waals surface area contributed by atoms with Crippen molar-refractivity contribution in [1.29, 1.82) is 0 Å². The first-order chi connectivity index (χ1) is 13.3. The van der Waals surface area contributed by atoms with Crippen LogP contribution in [0.25, 0.3) is 10.8 Å². The first-order valence-electron chi connectivity index (χ1n) is 9.01. The van der Waals surface area contributed by atoms with Crippen molar-refractivity contribution >= 4 is 34.0 Å². The van der Waals surface area contributed by atoms with E-state index in [4.69, 9.17) is 0 Å². The Hall–Kier alpha value is -3.48. The number of nitrogens with zero attached hydrogens (tertiary/aromatic N) is 2. The number of nitrogens with one attached hydrogen (secondary N) is 2. The molecule has 2 N–H and O–H groups in total. The highest BCUT2D eigenvalue weighted by Gasteiger charge is 2.12. The Bertz CT molecular complexity index is 1100. The topological polar surface area (TPSA) is 93.1 Å². The van der Waals surface area contributed by atoms with Crippen molar-refractivity contribution in [2.45, 2.75) is 27.3 Å². The lowest BCUT2D eigenvalue weighted by atomic mass is 10.1. The lowest BCUT2D eigenvalue weighted by Gasteiger charge is -2.13. The zero-order valence-electron chi connectivity index (χ0n) is 16.0. The number of carbonyl (C=O) groups excluding carboxylic acids is 2. The third-order valence-electron chi connectivity index (χ3n) is 4.36. The maximum atomic E-state index is 12.5. The largest absolute Gasteiger partial charge is 0.326 e. The highest BCUT2D eigenvalue weighted by molar-refractivity contribution is 5.95. The summed E-state index contributed by atoms with van der Waals surface area (Å²) in [5, 5.41) is 10.9. The van der Waals surface area contributed by atoms with Gasteiger partial charge in [0.1, 0.15) is 6.54 Å². The van der Waals surface area contributed by atoms with Gasteiger partial charge in [-0.25, -0.2) is 4.68 Å². The fourth-order valence-electron chi connectivity index (χ4n) is 2.69. The molecule has 0 saturated carbocycles. The molecule has 0 bridgehead atoms. The average Bonchev–Trinajstić information content (AvgIpc) is 2.67. The average molecular weight is 378 g/mol. The quantitative estimate of drug-likeness (QED) is 0.714. The highest BCUT2D eigenvalue weighted by Crippen LogP contribution is 2.21. The van der Waals surface area contributed by atoms with Gasteiger partial charge in [-0.05, 0) is 30.7 Å². The van der Waals surface area contributed by atoms with Gasteiger partial charge < -0.3 is 10.6 Å². The van der Waals surface area contributed by atoms with E-state index in [0.717, 1.165) is 15.6 Å². The first kappa shape index (κ1) is 19.3. The number of carbonyl (C=O) groups is 2. The maximum Gasteiger partial charge on any atom is 0.275 e. The number of anilines is 2. The van der Waals surface area contributed by atoms with Crippen LogP contribution in [0, 0.1) is 12.8 Å². The molecule has 1 heterocycles. The monoisotopic (exact) mass is 378 g/mol. The van der Waals surface area contributed by atoms with Crippen molar-refractivity contribution in [3.8, 4) is 0 Å². The van der Waals surface area contributed by atoms with Gasteiger partial charge in [-0.3, -0.25) is 14.4 Å². The van der Waals surface area contributed by atoms with Gasteiger partial charge in [0.25, 0.3) is 5.56 Å². The third kappa shape index (κ3) is 4.25. The molecule has 0 unspecified atom stereocenters. The molecule has 3 rings (SSSR count). The second-order valence-electron chi connectivity index (χ2n) is 6.92. The second-order valence-corrected chi connectivity index (χ2v) is 6.92. The van der Waals surface area contributed by atoms with Gasteiger partial charge in [0.2, 0.25) is 11.8 Å². The summed E-state index contributed by atoms with van der Waals surface area (Å²) in [4.78, 5) is 36.8. The summed E-state index contributed by atoms with van der Waals surface area (Å²) < 4.78 is 1.14. The Morgan fingerprint density at radius 2 is 1.86 bits per heavy atom. The molecule has 0 aliphatic heterocycles. The zero-order valence-corrected chi connectivity index (χ0v) is 16.0. The number of rotatable bonds is 5. The molecule has 3 aromatic rings. The van der Waals surface area contributed by atoms with Crippen LogP contribution < -0.4 is 16.2 Å². The van der Waals surface area contributed by atoms with Crippen LogP contribution in [0.4, 0.5) is 11.4 Å². The standard InChI is InChI=1S/C21H22N4O3/c1-13(2)20(27)23-16-9-8-14(3)18(10-16)24-19(26)12-25-21(28)17-7-5-4-6-15(17)11-22-25/h4-11,13H,12H2,1-3H3,(H,23,27)(H,24,26). The van der Waals surface area contributed by atoms with Crippen LogP contribution in [-0.4, -0.2) is 21.6 Å². The number of fused-ring (bicyclic) bond motifs is 1. The summed E-state index contributed by atoms with van der Waals surface area (Å²) in [5.74, 6) is -0.626. The zero-order chi connectivity index (χ0) is 20.3. The van der Waals surface area contributed by atoms with Crippen LogP contribution in [0.3, 0.4) is 0 Å². The minimum absolute atomic E-state index is 0.104. The smallest absolute Gasteiger partial charge is 0.275 e. The van der Waals surface area contributed by atoms with Crippen LogP contribution in [0.15, 0.2) is 53.5 Å². The van der Waals surface area contributed by atoms with Crippen LogP contribution in [0.1, 0.15) is 19.4 Å². The van der Waals surface area contributed by atoms with Crippen molar-refractivity contribution in [3.05, 3.63) is 64.6 Å². The number of amides is 2. The van der Waals surface area contributed by atoms with E-state index in [1.165, 1.54) is 0 Å². The maximum absolute atomic E-state index is 12.5. The number of benzene rings is 2. The predicted molar refractivity (Wildman–Crippen MR) is 109 cm³/mol. The molecular formula is C21H22N4O3. The van der Waals surface area contributed by atoms with Crippen molar-refractivity contribution in [3.63, 3.8) is 0 Å². The van der Waals surface area contributed by atoms with E-state index in [-0.39, 0.29) is 29.8 Å². The number of aromatic nitrogens is 2. The van der Waals surface area contributed by atoms with E-state index in [9.17, 15) is 14.4 Å². The molecule has 0 atom stereocenters. The summed E-state index contributed by atoms with van der Waals surface area (Å²) in [6, 6.07) is 12.4. The Balaban J connectivity index is 1.77. The second kappa shape index (κ2) is 8.04. The van der Waals surface area contributed by atoms with E-state index in [1.54, 1.807) is 50.4 Å². The molecule has 2 aromatic carbocycles. The Kier molecular flexibility index (Phi) is 5.54. The Morgan fingerprint density at radius 1 is 1.11 bits per heavy atom. The number of aryl methyl sites for hydroxylation is 1. The normalized spacial score (nSPS) is 10.9. The van der Waals surface area contributed by atoms with Crippen molar-refractivity contribution in [2.24, 2.45) is 5.92 Å². The molecule has 144 valence electrons. The fourth-order valence-corrected chi connectivity index (χ4v) is 2.69. The van der Waals surface area contributed by atoms with E-state index in [1.807, 2.05) is 19.1 Å². The fraction of sp³-hybridized carbons (Fsp3) is 0.238. The van der Waals surface area contributed by atoms with Crippen molar-refractivity contribution in [1.82, 2.24) is 9.78 Å².